The standard InChI is InChI=1S/C13H21OP/c1-11(2,3)15-12(4-5-12)8-10(14)9-13(15)6-7-13/h4-9H2,1-3H3. The predicted octanol–water partition coefficient (Wildman–Crippen LogP) is 3.69. The van der Waals surface area contributed by atoms with Crippen LogP contribution in [-0.4, -0.2) is 21.3 Å². The van der Waals surface area contributed by atoms with E-state index in [0.717, 1.165) is 12.8 Å². The van der Waals surface area contributed by atoms with Crippen LogP contribution < -0.4 is 0 Å². The summed E-state index contributed by atoms with van der Waals surface area (Å²) in [6.07, 6.45) is 7.26. The normalized spacial score (nSPS) is 32.3. The van der Waals surface area contributed by atoms with Crippen LogP contribution in [0.2, 0.25) is 0 Å². The van der Waals surface area contributed by atoms with Gasteiger partial charge in [-0.15, -0.1) is 0 Å². The van der Waals surface area contributed by atoms with Crippen molar-refractivity contribution in [2.75, 3.05) is 0 Å². The third-order valence-corrected chi connectivity index (χ3v) is 8.78. The van der Waals surface area contributed by atoms with Gasteiger partial charge in [0.1, 0.15) is 5.78 Å². The maximum absolute atomic E-state index is 11.9. The first-order valence-corrected chi connectivity index (χ1v) is 7.55. The highest BCUT2D eigenvalue weighted by Gasteiger charge is 2.67. The van der Waals surface area contributed by atoms with Gasteiger partial charge in [0.25, 0.3) is 0 Å². The zero-order valence-corrected chi connectivity index (χ0v) is 11.0. The summed E-state index contributed by atoms with van der Waals surface area (Å²) in [4.78, 5) is 11.9. The van der Waals surface area contributed by atoms with Gasteiger partial charge in [-0.25, -0.2) is 0 Å². The fraction of sp³-hybridized carbons (Fsp3) is 0.923. The molecule has 0 atom stereocenters. The van der Waals surface area contributed by atoms with E-state index in [4.69, 9.17) is 0 Å². The lowest BCUT2D eigenvalue weighted by atomic mass is 10.1. The van der Waals surface area contributed by atoms with Crippen molar-refractivity contribution >= 4 is 13.7 Å². The van der Waals surface area contributed by atoms with Crippen molar-refractivity contribution in [2.24, 2.45) is 0 Å². The van der Waals surface area contributed by atoms with Gasteiger partial charge >= 0.3 is 0 Å². The molecule has 2 aliphatic carbocycles. The fourth-order valence-electron chi connectivity index (χ4n) is 3.97. The van der Waals surface area contributed by atoms with E-state index < -0.39 is 0 Å². The van der Waals surface area contributed by atoms with E-state index in [1.165, 1.54) is 25.7 Å². The molecule has 1 nitrogen and oxygen atoms in total. The van der Waals surface area contributed by atoms with Crippen LogP contribution in [-0.2, 0) is 4.79 Å². The van der Waals surface area contributed by atoms with Crippen LogP contribution in [0.15, 0.2) is 0 Å². The second-order valence-electron chi connectivity index (χ2n) is 6.85. The van der Waals surface area contributed by atoms with E-state index in [-0.39, 0.29) is 7.92 Å². The summed E-state index contributed by atoms with van der Waals surface area (Å²) in [5.74, 6) is 0.577. The average Bonchev–Trinajstić information content (AvgIpc) is 2.90. The molecule has 1 saturated heterocycles. The Morgan fingerprint density at radius 2 is 1.40 bits per heavy atom. The molecule has 0 aromatic carbocycles. The quantitative estimate of drug-likeness (QED) is 0.573. The van der Waals surface area contributed by atoms with Gasteiger partial charge in [0.15, 0.2) is 0 Å². The van der Waals surface area contributed by atoms with E-state index in [1.54, 1.807) is 0 Å². The molecule has 1 aliphatic heterocycles. The zero-order valence-electron chi connectivity index (χ0n) is 10.1. The third kappa shape index (κ3) is 1.42. The summed E-state index contributed by atoms with van der Waals surface area (Å²) in [6.45, 7) is 7.23. The van der Waals surface area contributed by atoms with E-state index >= 15 is 0 Å². The molecular weight excluding hydrogens is 203 g/mol. The first kappa shape index (κ1) is 10.3. The lowest BCUT2D eigenvalue weighted by molar-refractivity contribution is -0.119. The van der Waals surface area contributed by atoms with Crippen molar-refractivity contribution in [3.05, 3.63) is 0 Å². The second kappa shape index (κ2) is 2.67. The van der Waals surface area contributed by atoms with E-state index in [9.17, 15) is 4.79 Å². The lowest BCUT2D eigenvalue weighted by Gasteiger charge is -2.47. The molecule has 2 spiro atoms. The van der Waals surface area contributed by atoms with Crippen molar-refractivity contribution in [1.29, 1.82) is 0 Å². The molecule has 0 bridgehead atoms. The molecule has 0 N–H and O–H groups in total. The number of carbonyl (C=O) groups excluding carboxylic acids is 1. The van der Waals surface area contributed by atoms with Crippen LogP contribution in [0.1, 0.15) is 59.3 Å². The van der Waals surface area contributed by atoms with Gasteiger partial charge in [0.2, 0.25) is 0 Å². The van der Waals surface area contributed by atoms with Crippen LogP contribution >= 0.6 is 7.92 Å². The Morgan fingerprint density at radius 1 is 1.00 bits per heavy atom. The van der Waals surface area contributed by atoms with Gasteiger partial charge < -0.3 is 0 Å². The van der Waals surface area contributed by atoms with Crippen molar-refractivity contribution in [3.8, 4) is 0 Å². The fourth-order valence-corrected chi connectivity index (χ4v) is 9.61. The summed E-state index contributed by atoms with van der Waals surface area (Å²) in [7, 11) is 0.0755. The van der Waals surface area contributed by atoms with E-state index in [0.29, 0.717) is 21.3 Å². The number of carbonyl (C=O) groups is 1. The molecule has 3 rings (SSSR count). The van der Waals surface area contributed by atoms with Crippen LogP contribution in [0.25, 0.3) is 0 Å². The van der Waals surface area contributed by atoms with Crippen molar-refractivity contribution < 1.29 is 4.79 Å². The SMILES string of the molecule is CC(C)(C)P1C2(CC2)CC(=O)CC12CC2. The summed E-state index contributed by atoms with van der Waals surface area (Å²) in [6, 6.07) is 0. The molecule has 0 unspecified atom stereocenters. The predicted molar refractivity (Wildman–Crippen MR) is 64.8 cm³/mol. The Labute approximate surface area is 93.8 Å². The Morgan fingerprint density at radius 3 is 1.67 bits per heavy atom. The summed E-state index contributed by atoms with van der Waals surface area (Å²) < 4.78 is 0. The van der Waals surface area contributed by atoms with E-state index in [2.05, 4.69) is 20.8 Å². The third-order valence-electron chi connectivity index (χ3n) is 4.33. The topological polar surface area (TPSA) is 17.1 Å². The molecule has 0 amide bonds. The molecule has 1 heterocycles. The Balaban J connectivity index is 1.99. The van der Waals surface area contributed by atoms with Gasteiger partial charge in [-0.1, -0.05) is 28.7 Å². The van der Waals surface area contributed by atoms with Gasteiger partial charge in [-0.2, -0.15) is 0 Å². The van der Waals surface area contributed by atoms with Gasteiger partial charge in [0, 0.05) is 12.8 Å². The highest BCUT2D eigenvalue weighted by atomic mass is 31.1. The maximum Gasteiger partial charge on any atom is 0.134 e. The van der Waals surface area contributed by atoms with Gasteiger partial charge in [-0.3, -0.25) is 4.79 Å². The number of hydrogen-bond donors (Lipinski definition) is 0. The Hall–Kier alpha value is 0.100. The maximum atomic E-state index is 11.9. The van der Waals surface area contributed by atoms with Crippen molar-refractivity contribution in [1.82, 2.24) is 0 Å². The van der Waals surface area contributed by atoms with Crippen LogP contribution in [0, 0.1) is 0 Å². The minimum atomic E-state index is 0.0755. The van der Waals surface area contributed by atoms with Crippen LogP contribution in [0.5, 0.6) is 0 Å². The molecular formula is C13H21OP. The van der Waals surface area contributed by atoms with Gasteiger partial charge in [-0.05, 0) is 41.2 Å². The molecule has 0 aromatic heterocycles. The van der Waals surface area contributed by atoms with Gasteiger partial charge in [0.05, 0.1) is 0 Å². The summed E-state index contributed by atoms with van der Waals surface area (Å²) >= 11 is 0. The number of rotatable bonds is 0. The first-order valence-electron chi connectivity index (χ1n) is 6.20. The number of hydrogen-bond acceptors (Lipinski definition) is 1. The molecule has 15 heavy (non-hydrogen) atoms. The smallest absolute Gasteiger partial charge is 0.134 e. The molecule has 3 fully saturated rings. The molecule has 0 aromatic rings. The second-order valence-corrected chi connectivity index (χ2v) is 10.8. The molecule has 3 aliphatic rings. The minimum absolute atomic E-state index is 0.0755. The molecule has 0 radical (unpaired) electrons. The average molecular weight is 224 g/mol. The number of ketones is 1. The monoisotopic (exact) mass is 224 g/mol. The minimum Gasteiger partial charge on any atom is -0.300 e. The summed E-state index contributed by atoms with van der Waals surface area (Å²) in [5.41, 5.74) is 0. The highest BCUT2D eigenvalue weighted by molar-refractivity contribution is 7.63. The van der Waals surface area contributed by atoms with Crippen LogP contribution in [0.4, 0.5) is 0 Å². The highest BCUT2D eigenvalue weighted by Crippen LogP contribution is 2.85. The number of Topliss-reactive ketones (excluding diaryl/α,β-unsaturated/α-hetero) is 1. The first-order chi connectivity index (χ1) is 6.88. The molecule has 2 saturated carbocycles. The Kier molecular flexibility index (Phi) is 1.83. The van der Waals surface area contributed by atoms with Crippen molar-refractivity contribution in [3.63, 3.8) is 0 Å². The lowest BCUT2D eigenvalue weighted by Crippen LogP contribution is -2.37. The molecule has 84 valence electrons. The Bertz CT molecular complexity index is 294. The van der Waals surface area contributed by atoms with Crippen LogP contribution in [0.3, 0.4) is 0 Å². The zero-order chi connectivity index (χ0) is 10.9. The van der Waals surface area contributed by atoms with E-state index in [1.807, 2.05) is 0 Å². The molecule has 2 heteroatoms. The van der Waals surface area contributed by atoms with Crippen molar-refractivity contribution in [2.45, 2.75) is 74.8 Å². The largest absolute Gasteiger partial charge is 0.300 e. The summed E-state index contributed by atoms with van der Waals surface area (Å²) in [5, 5.41) is 1.49.